The highest BCUT2D eigenvalue weighted by molar-refractivity contribution is 5.91. The van der Waals surface area contributed by atoms with Gasteiger partial charge in [0, 0.05) is 12.6 Å². The van der Waals surface area contributed by atoms with Crippen LogP contribution in [-0.4, -0.2) is 34.4 Å². The molecule has 0 bridgehead atoms. The Balaban J connectivity index is 1.64. The fraction of sp³-hybridized carbons (Fsp3) is 0.267. The molecule has 0 unspecified atom stereocenters. The third kappa shape index (κ3) is 3.10. The standard InChI is InChI=1S/C15H14N2O4/c18-14(21-13-6-7-20-15(13)19)12-8-16-17(10-12)9-11-4-2-1-3-5-11/h1-5,8,10,13H,6-7,9H2/t13-/m1/s1. The first kappa shape index (κ1) is 13.4. The second-order valence-electron chi connectivity index (χ2n) is 4.76. The molecule has 2 aromatic rings. The molecule has 2 heterocycles. The number of benzene rings is 1. The lowest BCUT2D eigenvalue weighted by Gasteiger charge is -2.06. The Kier molecular flexibility index (Phi) is 3.68. The van der Waals surface area contributed by atoms with Crippen LogP contribution < -0.4 is 0 Å². The number of carbonyl (C=O) groups is 2. The molecule has 1 aromatic carbocycles. The first-order valence-electron chi connectivity index (χ1n) is 6.66. The predicted molar refractivity (Wildman–Crippen MR) is 72.6 cm³/mol. The van der Waals surface area contributed by atoms with Crippen LogP contribution in [0, 0.1) is 0 Å². The molecule has 1 aliphatic rings. The number of ether oxygens (including phenoxy) is 2. The van der Waals surface area contributed by atoms with Crippen molar-refractivity contribution < 1.29 is 19.1 Å². The highest BCUT2D eigenvalue weighted by Gasteiger charge is 2.30. The van der Waals surface area contributed by atoms with Gasteiger partial charge in [-0.3, -0.25) is 4.68 Å². The zero-order valence-corrected chi connectivity index (χ0v) is 11.3. The molecule has 3 rings (SSSR count). The topological polar surface area (TPSA) is 70.4 Å². The Bertz CT molecular complexity index is 651. The van der Waals surface area contributed by atoms with Gasteiger partial charge in [0.05, 0.1) is 24.9 Å². The molecule has 1 aromatic heterocycles. The Morgan fingerprint density at radius 1 is 1.38 bits per heavy atom. The molecule has 6 heteroatoms. The summed E-state index contributed by atoms with van der Waals surface area (Å²) in [7, 11) is 0. The van der Waals surface area contributed by atoms with E-state index in [9.17, 15) is 9.59 Å². The molecule has 108 valence electrons. The number of hydrogen-bond acceptors (Lipinski definition) is 5. The number of esters is 2. The molecule has 0 radical (unpaired) electrons. The third-order valence-electron chi connectivity index (χ3n) is 3.19. The van der Waals surface area contributed by atoms with Crippen molar-refractivity contribution in [1.82, 2.24) is 9.78 Å². The maximum Gasteiger partial charge on any atom is 0.347 e. The van der Waals surface area contributed by atoms with Gasteiger partial charge in [-0.15, -0.1) is 0 Å². The Morgan fingerprint density at radius 2 is 2.19 bits per heavy atom. The minimum absolute atomic E-state index is 0.296. The van der Waals surface area contributed by atoms with Gasteiger partial charge in [0.25, 0.3) is 0 Å². The number of nitrogens with zero attached hydrogens (tertiary/aromatic N) is 2. The summed E-state index contributed by atoms with van der Waals surface area (Å²) >= 11 is 0. The number of cyclic esters (lactones) is 1. The number of hydrogen-bond donors (Lipinski definition) is 0. The number of carbonyl (C=O) groups excluding carboxylic acids is 2. The smallest absolute Gasteiger partial charge is 0.347 e. The largest absolute Gasteiger partial charge is 0.463 e. The highest BCUT2D eigenvalue weighted by Crippen LogP contribution is 2.13. The van der Waals surface area contributed by atoms with Crippen LogP contribution in [0.4, 0.5) is 0 Å². The van der Waals surface area contributed by atoms with Crippen molar-refractivity contribution in [3.8, 4) is 0 Å². The Hall–Kier alpha value is -2.63. The molecule has 0 amide bonds. The van der Waals surface area contributed by atoms with Crippen molar-refractivity contribution in [3.63, 3.8) is 0 Å². The Labute approximate surface area is 121 Å². The van der Waals surface area contributed by atoms with Crippen LogP contribution in [0.3, 0.4) is 0 Å². The molecule has 1 fully saturated rings. The van der Waals surface area contributed by atoms with E-state index in [0.717, 1.165) is 5.56 Å². The quantitative estimate of drug-likeness (QED) is 0.795. The molecule has 0 spiro atoms. The lowest BCUT2D eigenvalue weighted by Crippen LogP contribution is -2.22. The van der Waals surface area contributed by atoms with Crippen molar-refractivity contribution in [2.45, 2.75) is 19.1 Å². The lowest BCUT2D eigenvalue weighted by molar-refractivity contribution is -0.145. The van der Waals surface area contributed by atoms with Crippen molar-refractivity contribution >= 4 is 11.9 Å². The molecule has 0 saturated carbocycles. The van der Waals surface area contributed by atoms with Crippen LogP contribution in [-0.2, 0) is 20.8 Å². The summed E-state index contributed by atoms with van der Waals surface area (Å²) in [5.41, 5.74) is 1.41. The summed E-state index contributed by atoms with van der Waals surface area (Å²) in [6.45, 7) is 0.865. The van der Waals surface area contributed by atoms with Gasteiger partial charge < -0.3 is 9.47 Å². The van der Waals surface area contributed by atoms with E-state index in [-0.39, 0.29) is 0 Å². The van der Waals surface area contributed by atoms with E-state index >= 15 is 0 Å². The van der Waals surface area contributed by atoms with Crippen LogP contribution in [0.5, 0.6) is 0 Å². The minimum atomic E-state index is -0.796. The molecule has 1 saturated heterocycles. The summed E-state index contributed by atoms with van der Waals surface area (Å²) in [5.74, 6) is -1.04. The fourth-order valence-corrected chi connectivity index (χ4v) is 2.11. The van der Waals surface area contributed by atoms with E-state index in [2.05, 4.69) is 5.10 Å². The van der Waals surface area contributed by atoms with E-state index in [1.807, 2.05) is 30.3 Å². The first-order valence-corrected chi connectivity index (χ1v) is 6.66. The van der Waals surface area contributed by atoms with Crippen LogP contribution in [0.2, 0.25) is 0 Å². The summed E-state index contributed by atoms with van der Waals surface area (Å²) in [5, 5.41) is 4.13. The summed E-state index contributed by atoms with van der Waals surface area (Å²) in [6.07, 6.45) is 2.65. The molecule has 0 aliphatic carbocycles. The Morgan fingerprint density at radius 3 is 2.90 bits per heavy atom. The zero-order chi connectivity index (χ0) is 14.7. The van der Waals surface area contributed by atoms with Crippen LogP contribution in [0.1, 0.15) is 22.3 Å². The number of aromatic nitrogens is 2. The van der Waals surface area contributed by atoms with Crippen molar-refractivity contribution in [2.75, 3.05) is 6.61 Å². The lowest BCUT2D eigenvalue weighted by atomic mass is 10.2. The molecule has 6 nitrogen and oxygen atoms in total. The molecule has 0 N–H and O–H groups in total. The van der Waals surface area contributed by atoms with Crippen LogP contribution in [0.25, 0.3) is 0 Å². The van der Waals surface area contributed by atoms with Gasteiger partial charge in [-0.1, -0.05) is 30.3 Å². The van der Waals surface area contributed by atoms with E-state index < -0.39 is 18.0 Å². The zero-order valence-electron chi connectivity index (χ0n) is 11.3. The van der Waals surface area contributed by atoms with Gasteiger partial charge in [0.2, 0.25) is 6.10 Å². The predicted octanol–water partition coefficient (Wildman–Crippen LogP) is 1.40. The average Bonchev–Trinajstić information content (AvgIpc) is 3.10. The number of rotatable bonds is 4. The summed E-state index contributed by atoms with van der Waals surface area (Å²) in [6, 6.07) is 9.79. The van der Waals surface area contributed by atoms with Crippen molar-refractivity contribution in [2.24, 2.45) is 0 Å². The van der Waals surface area contributed by atoms with Gasteiger partial charge in [-0.05, 0) is 5.56 Å². The second kappa shape index (κ2) is 5.78. The van der Waals surface area contributed by atoms with E-state index in [1.165, 1.54) is 6.20 Å². The monoisotopic (exact) mass is 286 g/mol. The van der Waals surface area contributed by atoms with Gasteiger partial charge >= 0.3 is 11.9 Å². The van der Waals surface area contributed by atoms with Crippen molar-refractivity contribution in [1.29, 1.82) is 0 Å². The molecular weight excluding hydrogens is 272 g/mol. The third-order valence-corrected chi connectivity index (χ3v) is 3.19. The van der Waals surface area contributed by atoms with E-state index in [0.29, 0.717) is 25.1 Å². The highest BCUT2D eigenvalue weighted by atomic mass is 16.6. The van der Waals surface area contributed by atoms with E-state index in [1.54, 1.807) is 10.9 Å². The van der Waals surface area contributed by atoms with Gasteiger partial charge in [0.15, 0.2) is 0 Å². The van der Waals surface area contributed by atoms with Crippen LogP contribution in [0.15, 0.2) is 42.7 Å². The van der Waals surface area contributed by atoms with Gasteiger partial charge in [0.1, 0.15) is 0 Å². The van der Waals surface area contributed by atoms with Crippen LogP contribution >= 0.6 is 0 Å². The molecule has 1 atom stereocenters. The first-order chi connectivity index (χ1) is 10.2. The summed E-state index contributed by atoms with van der Waals surface area (Å²) < 4.78 is 11.5. The normalized spacial score (nSPS) is 17.5. The van der Waals surface area contributed by atoms with Gasteiger partial charge in [-0.25, -0.2) is 9.59 Å². The molecule has 21 heavy (non-hydrogen) atoms. The van der Waals surface area contributed by atoms with Crippen molar-refractivity contribution in [3.05, 3.63) is 53.9 Å². The average molecular weight is 286 g/mol. The SMILES string of the molecule is O=C(O[C@@H]1CCOC1=O)c1cnn(Cc2ccccc2)c1. The molecular formula is C15H14N2O4. The molecule has 1 aliphatic heterocycles. The minimum Gasteiger partial charge on any atom is -0.463 e. The maximum atomic E-state index is 11.9. The maximum absolute atomic E-state index is 11.9. The fourth-order valence-electron chi connectivity index (χ4n) is 2.11. The van der Waals surface area contributed by atoms with E-state index in [4.69, 9.17) is 9.47 Å². The summed E-state index contributed by atoms with van der Waals surface area (Å²) in [4.78, 5) is 23.2. The second-order valence-corrected chi connectivity index (χ2v) is 4.76. The van der Waals surface area contributed by atoms with Gasteiger partial charge in [-0.2, -0.15) is 5.10 Å².